The molecule has 2 heterocycles. The summed E-state index contributed by atoms with van der Waals surface area (Å²) in [6.45, 7) is 3.67. The first kappa shape index (κ1) is 23.1. The molecule has 0 unspecified atom stereocenters. The Morgan fingerprint density at radius 1 is 1.22 bits per heavy atom. The highest BCUT2D eigenvalue weighted by Gasteiger charge is 2.35. The molecule has 4 N–H and O–H groups in total. The minimum atomic E-state index is -4.68. The van der Waals surface area contributed by atoms with Crippen LogP contribution in [0.4, 0.5) is 36.1 Å². The largest absolute Gasteiger partial charge is 0.419 e. The molecule has 0 saturated carbocycles. The second-order valence-electron chi connectivity index (χ2n) is 7.17. The van der Waals surface area contributed by atoms with Gasteiger partial charge >= 0.3 is 6.18 Å². The van der Waals surface area contributed by atoms with Crippen LogP contribution in [0.25, 0.3) is 0 Å². The van der Waals surface area contributed by atoms with Crippen molar-refractivity contribution in [1.82, 2.24) is 14.8 Å². The average molecular weight is 448 g/mol. The maximum Gasteiger partial charge on any atom is 0.419 e. The number of aromatic nitrogens is 3. The molecular formula is C21H23F3N6O2. The molecule has 0 saturated heterocycles. The summed E-state index contributed by atoms with van der Waals surface area (Å²) in [4.78, 5) is 16.0. The van der Waals surface area contributed by atoms with Crippen molar-refractivity contribution < 1.29 is 22.7 Å². The summed E-state index contributed by atoms with van der Waals surface area (Å²) in [6.07, 6.45) is -3.94. The van der Waals surface area contributed by atoms with Gasteiger partial charge in [0.1, 0.15) is 5.82 Å². The lowest BCUT2D eigenvalue weighted by atomic mass is 10.0. The standard InChI is InChI=1S/C21H23F3N6O2/c1-11-19(12(2)30(3)29-11)28-17-8-16(14(9-26-17)21(22,23)24)27-15-7-5-6-13(10-32-4)18(15)20(25)31/h5-9H,10H2,1-4H3,(H2,25,31)(H2,26,27,28). The van der Waals surface area contributed by atoms with Gasteiger partial charge in [0.2, 0.25) is 0 Å². The topological polar surface area (TPSA) is 107 Å². The van der Waals surface area contributed by atoms with Gasteiger partial charge in [-0.1, -0.05) is 12.1 Å². The first-order valence-corrected chi connectivity index (χ1v) is 9.55. The Kier molecular flexibility index (Phi) is 6.40. The number of nitrogens with two attached hydrogens (primary N) is 1. The van der Waals surface area contributed by atoms with Crippen LogP contribution in [-0.2, 0) is 24.6 Å². The fourth-order valence-electron chi connectivity index (χ4n) is 3.35. The monoisotopic (exact) mass is 448 g/mol. The predicted octanol–water partition coefficient (Wildman–Crippen LogP) is 4.18. The van der Waals surface area contributed by atoms with Crippen molar-refractivity contribution in [3.8, 4) is 0 Å². The van der Waals surface area contributed by atoms with Gasteiger partial charge in [-0.2, -0.15) is 18.3 Å². The van der Waals surface area contributed by atoms with Crippen LogP contribution in [0.15, 0.2) is 30.5 Å². The van der Waals surface area contributed by atoms with E-state index in [9.17, 15) is 18.0 Å². The second kappa shape index (κ2) is 8.87. The number of carbonyl (C=O) groups is 1. The van der Waals surface area contributed by atoms with Gasteiger partial charge in [-0.05, 0) is 25.5 Å². The zero-order valence-corrected chi connectivity index (χ0v) is 18.0. The van der Waals surface area contributed by atoms with Gasteiger partial charge in [0.25, 0.3) is 5.91 Å². The van der Waals surface area contributed by atoms with Crippen LogP contribution in [0.5, 0.6) is 0 Å². The van der Waals surface area contributed by atoms with E-state index >= 15 is 0 Å². The molecule has 0 aliphatic carbocycles. The zero-order valence-electron chi connectivity index (χ0n) is 18.0. The molecule has 32 heavy (non-hydrogen) atoms. The molecule has 11 heteroatoms. The van der Waals surface area contributed by atoms with Gasteiger partial charge in [-0.15, -0.1) is 0 Å². The highest BCUT2D eigenvalue weighted by Crippen LogP contribution is 2.38. The highest BCUT2D eigenvalue weighted by molar-refractivity contribution is 6.00. The number of pyridine rings is 1. The Balaban J connectivity index is 2.08. The van der Waals surface area contributed by atoms with Crippen LogP contribution < -0.4 is 16.4 Å². The van der Waals surface area contributed by atoms with Crippen molar-refractivity contribution in [3.05, 3.63) is 58.5 Å². The maximum absolute atomic E-state index is 13.7. The molecule has 0 aliphatic heterocycles. The number of nitrogens with zero attached hydrogens (tertiary/aromatic N) is 3. The molecule has 0 aliphatic rings. The SMILES string of the molecule is COCc1cccc(Nc2cc(Nc3c(C)nn(C)c3C)ncc2C(F)(F)F)c1C(N)=O. The zero-order chi connectivity index (χ0) is 23.6. The van der Waals surface area contributed by atoms with Crippen molar-refractivity contribution in [3.63, 3.8) is 0 Å². The number of ether oxygens (including phenoxy) is 1. The third-order valence-electron chi connectivity index (χ3n) is 4.94. The summed E-state index contributed by atoms with van der Waals surface area (Å²) in [5, 5.41) is 10.0. The Bertz CT molecular complexity index is 1160. The Hall–Kier alpha value is -3.60. The van der Waals surface area contributed by atoms with E-state index in [2.05, 4.69) is 20.7 Å². The van der Waals surface area contributed by atoms with Gasteiger partial charge < -0.3 is 21.1 Å². The van der Waals surface area contributed by atoms with E-state index in [0.717, 1.165) is 11.9 Å². The summed E-state index contributed by atoms with van der Waals surface area (Å²) in [7, 11) is 3.20. The number of amides is 1. The number of nitrogens with one attached hydrogen (secondary N) is 2. The number of methoxy groups -OCH3 is 1. The molecule has 8 nitrogen and oxygen atoms in total. The maximum atomic E-state index is 13.7. The number of anilines is 4. The average Bonchev–Trinajstić information content (AvgIpc) is 2.93. The molecule has 0 bridgehead atoms. The Labute approximate surface area is 182 Å². The fourth-order valence-corrected chi connectivity index (χ4v) is 3.35. The summed E-state index contributed by atoms with van der Waals surface area (Å²) in [5.41, 5.74) is 6.96. The fraction of sp³-hybridized carbons (Fsp3) is 0.286. The van der Waals surface area contributed by atoms with Crippen molar-refractivity contribution in [2.75, 3.05) is 17.7 Å². The number of benzene rings is 1. The number of halogens is 3. The van der Waals surface area contributed by atoms with Crippen molar-refractivity contribution >= 4 is 28.8 Å². The molecule has 170 valence electrons. The summed E-state index contributed by atoms with van der Waals surface area (Å²) in [6, 6.07) is 5.91. The van der Waals surface area contributed by atoms with Gasteiger partial charge in [0.05, 0.1) is 46.2 Å². The number of alkyl halides is 3. The van der Waals surface area contributed by atoms with Gasteiger partial charge in [0.15, 0.2) is 0 Å². The van der Waals surface area contributed by atoms with Gasteiger partial charge in [-0.25, -0.2) is 4.98 Å². The van der Waals surface area contributed by atoms with Crippen molar-refractivity contribution in [2.24, 2.45) is 12.8 Å². The van der Waals surface area contributed by atoms with E-state index in [4.69, 9.17) is 10.5 Å². The van der Waals surface area contributed by atoms with Crippen molar-refractivity contribution in [1.29, 1.82) is 0 Å². The summed E-state index contributed by atoms with van der Waals surface area (Å²) < 4.78 is 47.7. The number of rotatable bonds is 7. The third-order valence-corrected chi connectivity index (χ3v) is 4.94. The Morgan fingerprint density at radius 3 is 2.50 bits per heavy atom. The lowest BCUT2D eigenvalue weighted by Gasteiger charge is -2.18. The first-order chi connectivity index (χ1) is 15.0. The molecule has 0 fully saturated rings. The van der Waals surface area contributed by atoms with E-state index in [0.29, 0.717) is 16.9 Å². The molecule has 2 aromatic heterocycles. The summed E-state index contributed by atoms with van der Waals surface area (Å²) in [5.74, 6) is -0.615. The molecule has 0 spiro atoms. The first-order valence-electron chi connectivity index (χ1n) is 9.55. The normalized spacial score (nSPS) is 11.5. The van der Waals surface area contributed by atoms with E-state index in [-0.39, 0.29) is 29.4 Å². The van der Waals surface area contributed by atoms with Crippen LogP contribution in [-0.4, -0.2) is 27.8 Å². The van der Waals surface area contributed by atoms with Crippen molar-refractivity contribution in [2.45, 2.75) is 26.6 Å². The predicted molar refractivity (Wildman–Crippen MR) is 114 cm³/mol. The number of hydrogen-bond acceptors (Lipinski definition) is 6. The third kappa shape index (κ3) is 4.67. The number of aryl methyl sites for hydroxylation is 2. The molecule has 3 aromatic rings. The van der Waals surface area contributed by atoms with E-state index in [1.54, 1.807) is 30.8 Å². The van der Waals surface area contributed by atoms with Crippen LogP contribution in [0.3, 0.4) is 0 Å². The summed E-state index contributed by atoms with van der Waals surface area (Å²) >= 11 is 0. The smallest absolute Gasteiger partial charge is 0.380 e. The molecule has 0 atom stereocenters. The number of carbonyl (C=O) groups excluding carboxylic acids is 1. The lowest BCUT2D eigenvalue weighted by Crippen LogP contribution is -2.17. The minimum absolute atomic E-state index is 0.0488. The lowest BCUT2D eigenvalue weighted by molar-refractivity contribution is -0.137. The Morgan fingerprint density at radius 2 is 1.94 bits per heavy atom. The number of primary amides is 1. The van der Waals surface area contributed by atoms with Crippen LogP contribution in [0.2, 0.25) is 0 Å². The molecular weight excluding hydrogens is 425 g/mol. The van der Waals surface area contributed by atoms with E-state index in [1.165, 1.54) is 19.2 Å². The minimum Gasteiger partial charge on any atom is -0.380 e. The second-order valence-corrected chi connectivity index (χ2v) is 7.17. The quantitative estimate of drug-likeness (QED) is 0.501. The van der Waals surface area contributed by atoms with E-state index in [1.807, 2.05) is 6.92 Å². The van der Waals surface area contributed by atoms with Gasteiger partial charge in [-0.3, -0.25) is 9.48 Å². The highest BCUT2D eigenvalue weighted by atomic mass is 19.4. The van der Waals surface area contributed by atoms with Crippen LogP contribution >= 0.6 is 0 Å². The van der Waals surface area contributed by atoms with Crippen LogP contribution in [0.1, 0.15) is 32.9 Å². The molecule has 3 rings (SSSR count). The van der Waals surface area contributed by atoms with Gasteiger partial charge in [0, 0.05) is 26.4 Å². The molecule has 1 aromatic carbocycles. The molecule has 0 radical (unpaired) electrons. The van der Waals surface area contributed by atoms with E-state index < -0.39 is 17.6 Å². The number of hydrogen-bond donors (Lipinski definition) is 3. The molecule has 1 amide bonds. The van der Waals surface area contributed by atoms with Crippen LogP contribution in [0, 0.1) is 13.8 Å².